The molecule has 0 spiro atoms. The largest absolute Gasteiger partial charge is 0.381 e. The first-order valence-corrected chi connectivity index (χ1v) is 12.0. The molecule has 4 aromatic heterocycles. The number of nitrogens with one attached hydrogen (secondary N) is 1. The van der Waals surface area contributed by atoms with Gasteiger partial charge in [0, 0.05) is 31.3 Å². The second-order valence-corrected chi connectivity index (χ2v) is 8.78. The van der Waals surface area contributed by atoms with E-state index in [1.54, 1.807) is 23.1 Å². The highest BCUT2D eigenvalue weighted by Gasteiger charge is 2.25. The van der Waals surface area contributed by atoms with Crippen LogP contribution in [0.2, 0.25) is 0 Å². The van der Waals surface area contributed by atoms with Crippen molar-refractivity contribution in [2.75, 3.05) is 5.73 Å². The number of nitrogen functional groups attached to an aromatic ring is 1. The van der Waals surface area contributed by atoms with Gasteiger partial charge < -0.3 is 11.1 Å². The van der Waals surface area contributed by atoms with Crippen molar-refractivity contribution >= 4 is 28.4 Å². The predicted molar refractivity (Wildman–Crippen MR) is 144 cm³/mol. The van der Waals surface area contributed by atoms with E-state index in [9.17, 15) is 4.79 Å². The van der Waals surface area contributed by atoms with Gasteiger partial charge in [-0.1, -0.05) is 30.2 Å². The molecule has 0 fully saturated rings. The first-order chi connectivity index (χ1) is 18.5. The number of fused-ring (bicyclic) bond motifs is 2. The molecule has 0 aliphatic carbocycles. The van der Waals surface area contributed by atoms with Crippen LogP contribution < -0.4 is 11.1 Å². The van der Waals surface area contributed by atoms with Crippen LogP contribution in [-0.4, -0.2) is 39.8 Å². The molecule has 0 saturated carbocycles. The Balaban J connectivity index is 1.45. The van der Waals surface area contributed by atoms with E-state index in [2.05, 4.69) is 32.3 Å². The van der Waals surface area contributed by atoms with Gasteiger partial charge in [-0.3, -0.25) is 14.0 Å². The molecule has 10 heteroatoms. The van der Waals surface area contributed by atoms with E-state index in [0.29, 0.717) is 17.2 Å². The van der Waals surface area contributed by atoms with Gasteiger partial charge in [0.15, 0.2) is 11.5 Å². The zero-order chi connectivity index (χ0) is 26.2. The fourth-order valence-corrected chi connectivity index (χ4v) is 4.44. The Hall–Kier alpha value is -5.43. The number of amides is 1. The van der Waals surface area contributed by atoms with Gasteiger partial charge in [0.25, 0.3) is 5.91 Å². The third kappa shape index (κ3) is 4.02. The maximum atomic E-state index is 13.4. The summed E-state index contributed by atoms with van der Waals surface area (Å²) in [6.07, 6.45) is 5.15. The number of benzene rings is 2. The molecule has 6 rings (SSSR count). The lowest BCUT2D eigenvalue weighted by atomic mass is 10.1. The van der Waals surface area contributed by atoms with Crippen molar-refractivity contribution in [1.82, 2.24) is 39.2 Å². The smallest absolute Gasteiger partial charge is 0.259 e. The van der Waals surface area contributed by atoms with E-state index in [-0.39, 0.29) is 17.3 Å². The molecule has 3 N–H and O–H groups in total. The first-order valence-electron chi connectivity index (χ1n) is 12.0. The number of rotatable bonds is 4. The van der Waals surface area contributed by atoms with Gasteiger partial charge in [-0.15, -0.1) is 5.10 Å². The normalized spacial score (nSPS) is 11.8. The molecule has 0 radical (unpaired) electrons. The highest BCUT2D eigenvalue weighted by atomic mass is 16.1. The van der Waals surface area contributed by atoms with Crippen LogP contribution in [0.15, 0.2) is 79.3 Å². The minimum absolute atomic E-state index is 0.108. The Morgan fingerprint density at radius 2 is 1.84 bits per heavy atom. The van der Waals surface area contributed by atoms with Crippen LogP contribution in [0.4, 0.5) is 5.82 Å². The molecule has 1 atom stereocenters. The van der Waals surface area contributed by atoms with Gasteiger partial charge in [-0.05, 0) is 49.2 Å². The van der Waals surface area contributed by atoms with Crippen LogP contribution in [0.3, 0.4) is 0 Å². The van der Waals surface area contributed by atoms with E-state index in [4.69, 9.17) is 10.7 Å². The number of carbonyl (C=O) groups is 1. The maximum absolute atomic E-state index is 13.4. The van der Waals surface area contributed by atoms with Crippen molar-refractivity contribution in [1.29, 1.82) is 0 Å². The highest BCUT2D eigenvalue weighted by Crippen LogP contribution is 2.28. The Kier molecular flexibility index (Phi) is 5.58. The van der Waals surface area contributed by atoms with Gasteiger partial charge >= 0.3 is 0 Å². The minimum Gasteiger partial charge on any atom is -0.381 e. The van der Waals surface area contributed by atoms with Crippen molar-refractivity contribution in [2.24, 2.45) is 7.05 Å². The summed E-state index contributed by atoms with van der Waals surface area (Å²) in [4.78, 5) is 22.6. The molecule has 4 heterocycles. The van der Waals surface area contributed by atoms with E-state index < -0.39 is 6.04 Å². The standard InChI is InChI=1S/C28H23N9O/c1-18(31-28(38)23-25(29)34-36-16-7-15-30-27(23)36)26-32-22-11-6-8-19(12-13-20-14-17-35(2)33-20)24(22)37(26)21-9-4-3-5-10-21/h3-11,14-18H,1-2H3,(H2,29,34)(H,31,38)/t18-/m1/s1. The van der Waals surface area contributed by atoms with Crippen molar-refractivity contribution in [3.05, 3.63) is 102 Å². The molecule has 1 amide bonds. The van der Waals surface area contributed by atoms with Crippen LogP contribution in [0.1, 0.15) is 40.4 Å². The second-order valence-electron chi connectivity index (χ2n) is 8.78. The van der Waals surface area contributed by atoms with Crippen molar-refractivity contribution in [3.63, 3.8) is 0 Å². The van der Waals surface area contributed by atoms with E-state index in [1.165, 1.54) is 4.52 Å². The fraction of sp³-hybridized carbons (Fsp3) is 0.107. The molecule has 0 saturated heterocycles. The SMILES string of the molecule is C[C@@H](NC(=O)c1c(N)nn2cccnc12)c1nc2cccc(C#Cc3ccn(C)n3)c2n1-c1ccccc1. The van der Waals surface area contributed by atoms with Gasteiger partial charge in [0.05, 0.1) is 22.6 Å². The van der Waals surface area contributed by atoms with E-state index in [1.807, 2.05) is 79.3 Å². The number of carbonyl (C=O) groups excluding carboxylic acids is 1. The summed E-state index contributed by atoms with van der Waals surface area (Å²) in [6, 6.07) is 18.8. The van der Waals surface area contributed by atoms with Crippen LogP contribution in [0.5, 0.6) is 0 Å². The Labute approximate surface area is 217 Å². The summed E-state index contributed by atoms with van der Waals surface area (Å²) in [7, 11) is 1.86. The number of nitrogens with two attached hydrogens (primary N) is 1. The number of anilines is 1. The number of imidazole rings is 1. The predicted octanol–water partition coefficient (Wildman–Crippen LogP) is 3.27. The monoisotopic (exact) mass is 501 g/mol. The molecular formula is C28H23N9O. The number of hydrogen-bond acceptors (Lipinski definition) is 6. The van der Waals surface area contributed by atoms with E-state index >= 15 is 0 Å². The Bertz CT molecular complexity index is 1870. The minimum atomic E-state index is -0.482. The molecule has 6 aromatic rings. The third-order valence-corrected chi connectivity index (χ3v) is 6.14. The van der Waals surface area contributed by atoms with Crippen LogP contribution in [0.25, 0.3) is 22.4 Å². The van der Waals surface area contributed by atoms with Crippen LogP contribution in [0, 0.1) is 11.8 Å². The number of para-hydroxylation sites is 2. The van der Waals surface area contributed by atoms with Crippen molar-refractivity contribution in [2.45, 2.75) is 13.0 Å². The highest BCUT2D eigenvalue weighted by molar-refractivity contribution is 6.04. The quantitative estimate of drug-likeness (QED) is 0.358. The van der Waals surface area contributed by atoms with Crippen molar-refractivity contribution < 1.29 is 4.79 Å². The summed E-state index contributed by atoms with van der Waals surface area (Å²) in [6.45, 7) is 1.88. The number of hydrogen-bond donors (Lipinski definition) is 2. The number of aromatic nitrogens is 7. The average molecular weight is 502 g/mol. The summed E-state index contributed by atoms with van der Waals surface area (Å²) < 4.78 is 5.23. The summed E-state index contributed by atoms with van der Waals surface area (Å²) in [5.74, 6) is 6.78. The lowest BCUT2D eigenvalue weighted by Gasteiger charge is -2.16. The Morgan fingerprint density at radius 3 is 2.63 bits per heavy atom. The average Bonchev–Trinajstić information content (AvgIpc) is 3.62. The molecule has 38 heavy (non-hydrogen) atoms. The fourth-order valence-electron chi connectivity index (χ4n) is 4.44. The first kappa shape index (κ1) is 23.0. The molecule has 0 unspecified atom stereocenters. The summed E-state index contributed by atoms with van der Waals surface area (Å²) in [5.41, 5.74) is 10.7. The summed E-state index contributed by atoms with van der Waals surface area (Å²) in [5, 5.41) is 11.6. The van der Waals surface area contributed by atoms with Gasteiger partial charge in [0.1, 0.15) is 17.1 Å². The molecular weight excluding hydrogens is 478 g/mol. The molecule has 0 aliphatic rings. The Morgan fingerprint density at radius 1 is 1.00 bits per heavy atom. The van der Waals surface area contributed by atoms with Crippen molar-refractivity contribution in [3.8, 4) is 17.5 Å². The zero-order valence-electron chi connectivity index (χ0n) is 20.7. The zero-order valence-corrected chi connectivity index (χ0v) is 20.7. The van der Waals surface area contributed by atoms with E-state index in [0.717, 1.165) is 22.3 Å². The molecule has 186 valence electrons. The topological polar surface area (TPSA) is 121 Å². The number of nitrogens with zero attached hydrogens (tertiary/aromatic N) is 7. The van der Waals surface area contributed by atoms with Crippen LogP contribution in [-0.2, 0) is 7.05 Å². The van der Waals surface area contributed by atoms with Gasteiger partial charge in [0.2, 0.25) is 0 Å². The maximum Gasteiger partial charge on any atom is 0.259 e. The molecule has 0 aliphatic heterocycles. The van der Waals surface area contributed by atoms with Crippen LogP contribution >= 0.6 is 0 Å². The molecule has 0 bridgehead atoms. The number of aryl methyl sites for hydroxylation is 1. The molecule has 2 aromatic carbocycles. The van der Waals surface area contributed by atoms with Gasteiger partial charge in [-0.25, -0.2) is 14.5 Å². The molecule has 10 nitrogen and oxygen atoms in total. The van der Waals surface area contributed by atoms with Gasteiger partial charge in [-0.2, -0.15) is 5.10 Å². The lowest BCUT2D eigenvalue weighted by Crippen LogP contribution is -2.29. The summed E-state index contributed by atoms with van der Waals surface area (Å²) >= 11 is 0. The lowest BCUT2D eigenvalue weighted by molar-refractivity contribution is 0.0940. The third-order valence-electron chi connectivity index (χ3n) is 6.14. The second kappa shape index (κ2) is 9.22.